The molecule has 0 aliphatic heterocycles. The number of hydrogen-bond acceptors (Lipinski definition) is 2. The van der Waals surface area contributed by atoms with Gasteiger partial charge in [0.15, 0.2) is 0 Å². The second kappa shape index (κ2) is 4.45. The van der Waals surface area contributed by atoms with E-state index in [1.807, 2.05) is 17.7 Å². The summed E-state index contributed by atoms with van der Waals surface area (Å²) >= 11 is 0. The van der Waals surface area contributed by atoms with Crippen LogP contribution in [0.25, 0.3) is 11.4 Å². The summed E-state index contributed by atoms with van der Waals surface area (Å²) in [6.45, 7) is 0.0854. The molecule has 0 radical (unpaired) electrons. The minimum atomic E-state index is -0.274. The Labute approximate surface area is 93.2 Å². The summed E-state index contributed by atoms with van der Waals surface area (Å²) in [4.78, 5) is 4.23. The fraction of sp³-hybridized carbons (Fsp3) is 0.250. The van der Waals surface area contributed by atoms with E-state index in [0.29, 0.717) is 12.2 Å². The van der Waals surface area contributed by atoms with Crippen LogP contribution in [0.4, 0.5) is 4.39 Å². The smallest absolute Gasteiger partial charge is 0.139 e. The molecular weight excluding hydrogens is 207 g/mol. The van der Waals surface area contributed by atoms with Gasteiger partial charge in [-0.3, -0.25) is 0 Å². The van der Waals surface area contributed by atoms with E-state index < -0.39 is 0 Å². The topological polar surface area (TPSA) is 38.0 Å². The minimum absolute atomic E-state index is 0.0854. The van der Waals surface area contributed by atoms with Crippen molar-refractivity contribution in [1.29, 1.82) is 0 Å². The SMILES string of the molecule is Cn1c(CCO)cnc1-c1cccc(F)c1. The third-order valence-electron chi connectivity index (χ3n) is 2.54. The second-order valence-electron chi connectivity index (χ2n) is 3.62. The molecule has 0 aliphatic rings. The summed E-state index contributed by atoms with van der Waals surface area (Å²) in [5.41, 5.74) is 1.67. The predicted molar refractivity (Wildman–Crippen MR) is 59.4 cm³/mol. The van der Waals surface area contributed by atoms with Gasteiger partial charge in [0.05, 0.1) is 0 Å². The number of nitrogens with zero attached hydrogens (tertiary/aromatic N) is 2. The molecule has 1 aromatic carbocycles. The molecule has 0 atom stereocenters. The number of rotatable bonds is 3. The van der Waals surface area contributed by atoms with Crippen molar-refractivity contribution in [2.75, 3.05) is 6.61 Å². The molecule has 0 aliphatic carbocycles. The van der Waals surface area contributed by atoms with Crippen molar-refractivity contribution in [3.8, 4) is 11.4 Å². The molecule has 84 valence electrons. The highest BCUT2D eigenvalue weighted by Crippen LogP contribution is 2.19. The van der Waals surface area contributed by atoms with Crippen molar-refractivity contribution in [3.05, 3.63) is 42.0 Å². The number of halogens is 1. The molecule has 2 rings (SSSR count). The minimum Gasteiger partial charge on any atom is -0.396 e. The lowest BCUT2D eigenvalue weighted by Gasteiger charge is -2.04. The van der Waals surface area contributed by atoms with Crippen LogP contribution in [0.5, 0.6) is 0 Å². The Morgan fingerprint density at radius 1 is 1.44 bits per heavy atom. The Kier molecular flexibility index (Phi) is 3.01. The van der Waals surface area contributed by atoms with Gasteiger partial charge in [-0.25, -0.2) is 9.37 Å². The van der Waals surface area contributed by atoms with E-state index in [1.54, 1.807) is 12.3 Å². The Hall–Kier alpha value is -1.68. The summed E-state index contributed by atoms with van der Waals surface area (Å²) in [5, 5.41) is 8.87. The fourth-order valence-electron chi connectivity index (χ4n) is 1.69. The van der Waals surface area contributed by atoms with Crippen molar-refractivity contribution in [1.82, 2.24) is 9.55 Å². The molecule has 2 aromatic rings. The quantitative estimate of drug-likeness (QED) is 0.856. The third kappa shape index (κ3) is 1.97. The zero-order valence-corrected chi connectivity index (χ0v) is 9.02. The van der Waals surface area contributed by atoms with Crippen molar-refractivity contribution in [2.24, 2.45) is 7.05 Å². The number of imidazole rings is 1. The number of benzene rings is 1. The number of hydrogen-bond donors (Lipinski definition) is 1. The third-order valence-corrected chi connectivity index (χ3v) is 2.54. The maximum atomic E-state index is 13.1. The van der Waals surface area contributed by atoms with E-state index in [0.717, 1.165) is 11.3 Å². The van der Waals surface area contributed by atoms with Gasteiger partial charge in [0.25, 0.3) is 0 Å². The molecule has 16 heavy (non-hydrogen) atoms. The Balaban J connectivity index is 2.41. The average molecular weight is 220 g/mol. The van der Waals surface area contributed by atoms with Crippen molar-refractivity contribution >= 4 is 0 Å². The summed E-state index contributed by atoms with van der Waals surface area (Å²) in [5.74, 6) is 0.437. The van der Waals surface area contributed by atoms with Crippen LogP contribution in [0.1, 0.15) is 5.69 Å². The second-order valence-corrected chi connectivity index (χ2v) is 3.62. The average Bonchev–Trinajstić information content (AvgIpc) is 2.61. The standard InChI is InChI=1S/C12H13FN2O/c1-15-11(5-6-16)8-14-12(15)9-3-2-4-10(13)7-9/h2-4,7-8,16H,5-6H2,1H3. The highest BCUT2D eigenvalue weighted by molar-refractivity contribution is 5.56. The van der Waals surface area contributed by atoms with E-state index in [-0.39, 0.29) is 12.4 Å². The normalized spacial score (nSPS) is 10.7. The largest absolute Gasteiger partial charge is 0.396 e. The first kappa shape index (κ1) is 10.8. The van der Waals surface area contributed by atoms with Crippen LogP contribution in [0.15, 0.2) is 30.5 Å². The first-order valence-corrected chi connectivity index (χ1v) is 5.10. The van der Waals surface area contributed by atoms with Gasteiger partial charge >= 0.3 is 0 Å². The molecule has 0 amide bonds. The molecule has 0 spiro atoms. The van der Waals surface area contributed by atoms with Crippen molar-refractivity contribution in [3.63, 3.8) is 0 Å². The maximum Gasteiger partial charge on any atom is 0.139 e. The molecule has 0 saturated heterocycles. The van der Waals surface area contributed by atoms with Gasteiger partial charge in [0.2, 0.25) is 0 Å². The Morgan fingerprint density at radius 2 is 2.25 bits per heavy atom. The molecule has 0 bridgehead atoms. The summed E-state index contributed by atoms with van der Waals surface area (Å²) in [6, 6.07) is 6.32. The predicted octanol–water partition coefficient (Wildman–Crippen LogP) is 1.76. The summed E-state index contributed by atoms with van der Waals surface area (Å²) < 4.78 is 14.9. The highest BCUT2D eigenvalue weighted by atomic mass is 19.1. The van der Waals surface area contributed by atoms with Gasteiger partial charge in [-0.15, -0.1) is 0 Å². The van der Waals surface area contributed by atoms with Crippen LogP contribution in [0.2, 0.25) is 0 Å². The maximum absolute atomic E-state index is 13.1. The van der Waals surface area contributed by atoms with Gasteiger partial charge in [0.1, 0.15) is 11.6 Å². The van der Waals surface area contributed by atoms with Gasteiger partial charge < -0.3 is 9.67 Å². The molecule has 0 unspecified atom stereocenters. The zero-order valence-electron chi connectivity index (χ0n) is 9.02. The van der Waals surface area contributed by atoms with E-state index in [2.05, 4.69) is 4.98 Å². The van der Waals surface area contributed by atoms with E-state index in [9.17, 15) is 4.39 Å². The highest BCUT2D eigenvalue weighted by Gasteiger charge is 2.08. The van der Waals surface area contributed by atoms with Crippen LogP contribution < -0.4 is 0 Å². The van der Waals surface area contributed by atoms with E-state index in [4.69, 9.17) is 5.11 Å². The molecule has 1 aromatic heterocycles. The lowest BCUT2D eigenvalue weighted by Crippen LogP contribution is -2.01. The molecule has 0 saturated carbocycles. The van der Waals surface area contributed by atoms with Crippen LogP contribution in [-0.4, -0.2) is 21.3 Å². The molecular formula is C12H13FN2O. The molecule has 4 heteroatoms. The number of aromatic nitrogens is 2. The number of aliphatic hydroxyl groups is 1. The molecule has 1 heterocycles. The zero-order chi connectivity index (χ0) is 11.5. The van der Waals surface area contributed by atoms with E-state index >= 15 is 0 Å². The fourth-order valence-corrected chi connectivity index (χ4v) is 1.69. The van der Waals surface area contributed by atoms with Gasteiger partial charge in [-0.05, 0) is 12.1 Å². The summed E-state index contributed by atoms with van der Waals surface area (Å²) in [7, 11) is 1.86. The van der Waals surface area contributed by atoms with Crippen LogP contribution in [0, 0.1) is 5.82 Å². The molecule has 3 nitrogen and oxygen atoms in total. The Morgan fingerprint density at radius 3 is 2.94 bits per heavy atom. The van der Waals surface area contributed by atoms with Crippen LogP contribution in [-0.2, 0) is 13.5 Å². The molecule has 1 N–H and O–H groups in total. The van der Waals surface area contributed by atoms with Crippen molar-refractivity contribution < 1.29 is 9.50 Å². The first-order chi connectivity index (χ1) is 7.72. The van der Waals surface area contributed by atoms with Crippen LogP contribution >= 0.6 is 0 Å². The lowest BCUT2D eigenvalue weighted by molar-refractivity contribution is 0.297. The molecule has 0 fully saturated rings. The van der Waals surface area contributed by atoms with Gasteiger partial charge in [0, 0.05) is 37.5 Å². The first-order valence-electron chi connectivity index (χ1n) is 5.10. The van der Waals surface area contributed by atoms with Gasteiger partial charge in [-0.1, -0.05) is 12.1 Å². The van der Waals surface area contributed by atoms with Crippen LogP contribution in [0.3, 0.4) is 0 Å². The monoisotopic (exact) mass is 220 g/mol. The Bertz CT molecular complexity index is 494. The van der Waals surface area contributed by atoms with Gasteiger partial charge in [-0.2, -0.15) is 0 Å². The van der Waals surface area contributed by atoms with Crippen molar-refractivity contribution in [2.45, 2.75) is 6.42 Å². The van der Waals surface area contributed by atoms with E-state index in [1.165, 1.54) is 12.1 Å². The number of aliphatic hydroxyl groups excluding tert-OH is 1. The lowest BCUT2D eigenvalue weighted by atomic mass is 10.2. The summed E-state index contributed by atoms with van der Waals surface area (Å²) in [6.07, 6.45) is 2.26.